The Kier molecular flexibility index (Phi) is 1.93. The molecule has 0 amide bonds. The summed E-state index contributed by atoms with van der Waals surface area (Å²) in [7, 11) is 0. The van der Waals surface area contributed by atoms with Crippen LogP contribution in [-0.4, -0.2) is 15.0 Å². The third-order valence-electron chi connectivity index (χ3n) is 2.01. The van der Waals surface area contributed by atoms with Crippen LogP contribution >= 0.6 is 0 Å². The molecule has 0 spiro atoms. The van der Waals surface area contributed by atoms with Crippen molar-refractivity contribution in [1.29, 1.82) is 0 Å². The molecule has 3 heteroatoms. The number of pyridine rings is 1. The fraction of sp³-hybridized carbons (Fsp3) is 0.300. The molecule has 3 nitrogen and oxygen atoms in total. The maximum absolute atomic E-state index is 4.23. The summed E-state index contributed by atoms with van der Waals surface area (Å²) in [5.74, 6) is 0.485. The Morgan fingerprint density at radius 2 is 1.85 bits per heavy atom. The Labute approximate surface area is 76.9 Å². The van der Waals surface area contributed by atoms with Gasteiger partial charge in [-0.3, -0.25) is 4.98 Å². The fourth-order valence-electron chi connectivity index (χ4n) is 1.19. The normalized spacial score (nSPS) is 11.0. The van der Waals surface area contributed by atoms with Gasteiger partial charge in [-0.05, 0) is 17.5 Å². The van der Waals surface area contributed by atoms with Crippen LogP contribution in [0.1, 0.15) is 25.3 Å². The summed E-state index contributed by atoms with van der Waals surface area (Å²) in [6.45, 7) is 4.28. The molecule has 0 bridgehead atoms. The van der Waals surface area contributed by atoms with Crippen molar-refractivity contribution in [2.75, 3.05) is 0 Å². The second-order valence-electron chi connectivity index (χ2n) is 3.32. The second-order valence-corrected chi connectivity index (χ2v) is 3.32. The first-order valence-electron chi connectivity index (χ1n) is 4.34. The summed E-state index contributed by atoms with van der Waals surface area (Å²) in [4.78, 5) is 12.5. The van der Waals surface area contributed by atoms with E-state index in [1.165, 1.54) is 5.56 Å². The summed E-state index contributed by atoms with van der Waals surface area (Å²) in [6.07, 6.45) is 5.21. The molecule has 66 valence electrons. The number of nitrogens with zero attached hydrogens (tertiary/aromatic N) is 3. The van der Waals surface area contributed by atoms with Crippen LogP contribution in [0, 0.1) is 0 Å². The first kappa shape index (κ1) is 8.10. The Morgan fingerprint density at radius 1 is 1.08 bits per heavy atom. The van der Waals surface area contributed by atoms with Gasteiger partial charge in [-0.25, -0.2) is 9.97 Å². The largest absolute Gasteiger partial charge is 0.251 e. The van der Waals surface area contributed by atoms with Gasteiger partial charge in [0.05, 0.1) is 0 Å². The highest BCUT2D eigenvalue weighted by atomic mass is 14.9. The zero-order valence-corrected chi connectivity index (χ0v) is 7.73. The summed E-state index contributed by atoms with van der Waals surface area (Å²) in [5, 5.41) is 0. The summed E-state index contributed by atoms with van der Waals surface area (Å²) < 4.78 is 0. The summed E-state index contributed by atoms with van der Waals surface area (Å²) in [6, 6.07) is 2.04. The van der Waals surface area contributed by atoms with Gasteiger partial charge in [0, 0.05) is 18.6 Å². The van der Waals surface area contributed by atoms with Crippen LogP contribution in [0.15, 0.2) is 24.7 Å². The number of rotatable bonds is 1. The average molecular weight is 173 g/mol. The van der Waals surface area contributed by atoms with Crippen molar-refractivity contribution in [1.82, 2.24) is 15.0 Å². The van der Waals surface area contributed by atoms with Gasteiger partial charge in [0.15, 0.2) is 5.65 Å². The monoisotopic (exact) mass is 173 g/mol. The third-order valence-corrected chi connectivity index (χ3v) is 2.01. The van der Waals surface area contributed by atoms with Gasteiger partial charge in [0.1, 0.15) is 5.52 Å². The summed E-state index contributed by atoms with van der Waals surface area (Å²) >= 11 is 0. The van der Waals surface area contributed by atoms with Gasteiger partial charge >= 0.3 is 0 Å². The van der Waals surface area contributed by atoms with E-state index in [1.54, 1.807) is 12.4 Å². The molecule has 2 heterocycles. The maximum Gasteiger partial charge on any atom is 0.178 e. The van der Waals surface area contributed by atoms with Gasteiger partial charge in [-0.1, -0.05) is 13.8 Å². The van der Waals surface area contributed by atoms with Crippen molar-refractivity contribution < 1.29 is 0 Å². The van der Waals surface area contributed by atoms with Crippen molar-refractivity contribution in [2.45, 2.75) is 19.8 Å². The predicted molar refractivity (Wildman–Crippen MR) is 51.4 cm³/mol. The molecule has 0 N–H and O–H groups in total. The van der Waals surface area contributed by atoms with Gasteiger partial charge < -0.3 is 0 Å². The van der Waals surface area contributed by atoms with Crippen LogP contribution in [0.4, 0.5) is 0 Å². The molecule has 0 fully saturated rings. The van der Waals surface area contributed by atoms with E-state index in [0.29, 0.717) is 11.6 Å². The highest BCUT2D eigenvalue weighted by Gasteiger charge is 2.02. The van der Waals surface area contributed by atoms with Crippen LogP contribution < -0.4 is 0 Å². The van der Waals surface area contributed by atoms with Gasteiger partial charge in [-0.15, -0.1) is 0 Å². The van der Waals surface area contributed by atoms with Gasteiger partial charge in [0.25, 0.3) is 0 Å². The smallest absolute Gasteiger partial charge is 0.178 e. The van der Waals surface area contributed by atoms with Crippen LogP contribution in [0.5, 0.6) is 0 Å². The highest BCUT2D eigenvalue weighted by Crippen LogP contribution is 2.15. The standard InChI is InChI=1S/C10H11N3/c1-7(2)8-5-9-10(13-6-8)12-4-3-11-9/h3-7H,1-2H3. The lowest BCUT2D eigenvalue weighted by Gasteiger charge is -2.04. The lowest BCUT2D eigenvalue weighted by molar-refractivity contribution is 0.860. The molecule has 13 heavy (non-hydrogen) atoms. The first-order chi connectivity index (χ1) is 6.27. The lowest BCUT2D eigenvalue weighted by atomic mass is 10.1. The first-order valence-corrected chi connectivity index (χ1v) is 4.34. The predicted octanol–water partition coefficient (Wildman–Crippen LogP) is 2.15. The highest BCUT2D eigenvalue weighted by molar-refractivity contribution is 5.69. The molecule has 0 atom stereocenters. The molecular weight excluding hydrogens is 162 g/mol. The second kappa shape index (κ2) is 3.09. The van der Waals surface area contributed by atoms with Crippen LogP contribution in [-0.2, 0) is 0 Å². The van der Waals surface area contributed by atoms with Crippen LogP contribution in [0.2, 0.25) is 0 Å². The molecule has 0 saturated heterocycles. The minimum Gasteiger partial charge on any atom is -0.251 e. The zero-order chi connectivity index (χ0) is 9.26. The van der Waals surface area contributed by atoms with E-state index in [0.717, 1.165) is 5.52 Å². The molecule has 0 saturated carbocycles. The van der Waals surface area contributed by atoms with Crippen molar-refractivity contribution in [3.05, 3.63) is 30.2 Å². The van der Waals surface area contributed by atoms with Crippen molar-refractivity contribution in [2.24, 2.45) is 0 Å². The third kappa shape index (κ3) is 1.49. The molecule has 2 aromatic heterocycles. The maximum atomic E-state index is 4.23. The number of fused-ring (bicyclic) bond motifs is 1. The molecule has 0 unspecified atom stereocenters. The molecule has 0 aliphatic carbocycles. The molecular formula is C10H11N3. The quantitative estimate of drug-likeness (QED) is 0.663. The molecule has 2 aromatic rings. The van der Waals surface area contributed by atoms with E-state index in [2.05, 4.69) is 28.8 Å². The van der Waals surface area contributed by atoms with Crippen molar-refractivity contribution in [3.8, 4) is 0 Å². The van der Waals surface area contributed by atoms with Gasteiger partial charge in [-0.2, -0.15) is 0 Å². The summed E-state index contributed by atoms with van der Waals surface area (Å²) in [5.41, 5.74) is 2.79. The minimum atomic E-state index is 0.485. The van der Waals surface area contributed by atoms with E-state index in [4.69, 9.17) is 0 Å². The fourth-order valence-corrected chi connectivity index (χ4v) is 1.19. The van der Waals surface area contributed by atoms with E-state index in [-0.39, 0.29) is 0 Å². The van der Waals surface area contributed by atoms with Crippen molar-refractivity contribution in [3.63, 3.8) is 0 Å². The van der Waals surface area contributed by atoms with Gasteiger partial charge in [0.2, 0.25) is 0 Å². The Balaban J connectivity index is 2.62. The molecule has 0 aliphatic heterocycles. The number of aromatic nitrogens is 3. The van der Waals surface area contributed by atoms with E-state index < -0.39 is 0 Å². The Bertz CT molecular complexity index is 423. The van der Waals surface area contributed by atoms with E-state index >= 15 is 0 Å². The lowest BCUT2D eigenvalue weighted by Crippen LogP contribution is -1.92. The molecule has 0 aromatic carbocycles. The van der Waals surface area contributed by atoms with E-state index in [9.17, 15) is 0 Å². The minimum absolute atomic E-state index is 0.485. The molecule has 2 rings (SSSR count). The van der Waals surface area contributed by atoms with E-state index in [1.807, 2.05) is 12.3 Å². The molecule has 0 radical (unpaired) electrons. The number of hydrogen-bond donors (Lipinski definition) is 0. The van der Waals surface area contributed by atoms with Crippen LogP contribution in [0.3, 0.4) is 0 Å². The molecule has 0 aliphatic rings. The zero-order valence-electron chi connectivity index (χ0n) is 7.73. The SMILES string of the molecule is CC(C)c1cnc2nccnc2c1. The topological polar surface area (TPSA) is 38.7 Å². The Morgan fingerprint density at radius 3 is 2.62 bits per heavy atom. The van der Waals surface area contributed by atoms with Crippen LogP contribution in [0.25, 0.3) is 11.2 Å². The number of hydrogen-bond acceptors (Lipinski definition) is 3. The average Bonchev–Trinajstić information content (AvgIpc) is 2.17. The Hall–Kier alpha value is -1.51. The van der Waals surface area contributed by atoms with Crippen molar-refractivity contribution >= 4 is 11.2 Å².